The van der Waals surface area contributed by atoms with E-state index in [9.17, 15) is 20.1 Å². The van der Waals surface area contributed by atoms with E-state index >= 15 is 0 Å². The summed E-state index contributed by atoms with van der Waals surface area (Å²) in [4.78, 5) is 14.1. The number of rotatable bonds is 4. The Hall–Kier alpha value is -1.25. The van der Waals surface area contributed by atoms with Crippen LogP contribution in [0.4, 0.5) is 0 Å². The van der Waals surface area contributed by atoms with Crippen LogP contribution in [0, 0.1) is 5.92 Å². The summed E-state index contributed by atoms with van der Waals surface area (Å²) in [5.74, 6) is -0.360. The minimum atomic E-state index is -0.953. The molecule has 5 rings (SSSR count). The summed E-state index contributed by atoms with van der Waals surface area (Å²) in [7, 11) is 2.07. The van der Waals surface area contributed by atoms with Crippen LogP contribution in [0.3, 0.4) is 0 Å². The molecule has 4 N–H and O–H groups in total. The fourth-order valence-corrected chi connectivity index (χ4v) is 6.70. The van der Waals surface area contributed by atoms with Crippen molar-refractivity contribution >= 4 is 30.8 Å². The minimum Gasteiger partial charge on any atom is -0.504 e. The van der Waals surface area contributed by atoms with Gasteiger partial charge in [-0.15, -0.1) is 24.8 Å². The van der Waals surface area contributed by atoms with Crippen LogP contribution in [0.1, 0.15) is 44.2 Å². The first-order valence-electron chi connectivity index (χ1n) is 10.6. The van der Waals surface area contributed by atoms with Crippen molar-refractivity contribution in [2.24, 2.45) is 5.92 Å². The Morgan fingerprint density at radius 3 is 2.65 bits per heavy atom. The lowest BCUT2D eigenvalue weighted by Gasteiger charge is -2.63. The van der Waals surface area contributed by atoms with Crippen LogP contribution in [-0.4, -0.2) is 69.6 Å². The number of phenolic OH excluding ortho intramolecular Hbond substituents is 1. The fraction of sp³-hybridized carbons (Fsp3) is 0.682. The summed E-state index contributed by atoms with van der Waals surface area (Å²) in [5.41, 5.74) is 0.505. The Balaban J connectivity index is 0.00000136. The van der Waals surface area contributed by atoms with Gasteiger partial charge in [0.1, 0.15) is 12.1 Å². The van der Waals surface area contributed by atoms with E-state index in [2.05, 4.69) is 17.3 Å². The Labute approximate surface area is 195 Å². The molecule has 7 nitrogen and oxygen atoms in total. The molecule has 2 heterocycles. The van der Waals surface area contributed by atoms with Crippen LogP contribution in [-0.2, 0) is 16.6 Å². The SMILES string of the molecule is CC(C)[C@H](N[C@@H]1CC[C@@]2(O)[C@H]3Cc4ccc(O)c5c4[C@@]2(CCN3C)[C@H]1O5)C(=O)O.Cl.Cl. The number of hydrogen-bond acceptors (Lipinski definition) is 6. The van der Waals surface area contributed by atoms with Crippen molar-refractivity contribution in [1.29, 1.82) is 0 Å². The second-order valence-corrected chi connectivity index (χ2v) is 9.70. The highest BCUT2D eigenvalue weighted by atomic mass is 35.5. The number of likely N-dealkylation sites (N-methyl/N-ethyl adjacent to an activating group) is 1. The van der Waals surface area contributed by atoms with Gasteiger partial charge in [-0.05, 0) is 56.8 Å². The second-order valence-electron chi connectivity index (χ2n) is 9.70. The molecule has 1 spiro atoms. The number of carbonyl (C=O) groups is 1. The summed E-state index contributed by atoms with van der Waals surface area (Å²) in [6.45, 7) is 4.62. The summed E-state index contributed by atoms with van der Waals surface area (Å²) in [6.07, 6.45) is 2.27. The van der Waals surface area contributed by atoms with E-state index in [-0.39, 0.29) is 48.6 Å². The predicted octanol–water partition coefficient (Wildman–Crippen LogP) is 2.09. The maximum atomic E-state index is 12.1. The van der Waals surface area contributed by atoms with Crippen LogP contribution in [0.5, 0.6) is 11.5 Å². The van der Waals surface area contributed by atoms with Gasteiger partial charge in [-0.25, -0.2) is 0 Å². The van der Waals surface area contributed by atoms with Gasteiger partial charge in [-0.1, -0.05) is 19.9 Å². The third-order valence-electron chi connectivity index (χ3n) is 8.06. The summed E-state index contributed by atoms with van der Waals surface area (Å²) >= 11 is 0. The molecule has 1 saturated heterocycles. The molecule has 0 amide bonds. The van der Waals surface area contributed by atoms with E-state index in [4.69, 9.17) is 4.74 Å². The Bertz CT molecular complexity index is 884. The second kappa shape index (κ2) is 7.96. The molecule has 1 aromatic rings. The smallest absolute Gasteiger partial charge is 0.320 e. The number of piperidine rings is 1. The number of benzene rings is 1. The molecule has 0 unspecified atom stereocenters. The summed E-state index contributed by atoms with van der Waals surface area (Å²) in [6, 6.07) is 2.73. The first-order chi connectivity index (χ1) is 13.7. The molecule has 174 valence electrons. The van der Waals surface area contributed by atoms with Crippen molar-refractivity contribution in [2.45, 2.75) is 74.8 Å². The van der Waals surface area contributed by atoms with Gasteiger partial charge < -0.3 is 25.0 Å². The summed E-state index contributed by atoms with van der Waals surface area (Å²) in [5, 5.41) is 35.7. The predicted molar refractivity (Wildman–Crippen MR) is 121 cm³/mol. The zero-order chi connectivity index (χ0) is 20.7. The standard InChI is InChI=1S/C22H30N2O5.2ClH/c1-11(2)17(20(26)27)23-13-6-7-22(28)15-10-12-4-5-14(25)18-16(12)21(22,19(13)29-18)8-9-24(15)3;;/h4-5,11,13,15,17,19,23,25,28H,6-10H2,1-3H3,(H,26,27);2*1H/t13-,15-,17+,19+,21+,22-;;/m1../s1. The number of halogens is 2. The number of nitrogens with zero attached hydrogens (tertiary/aromatic N) is 1. The molecule has 2 bridgehead atoms. The van der Waals surface area contributed by atoms with E-state index in [1.807, 2.05) is 19.9 Å². The number of phenols is 1. The summed E-state index contributed by atoms with van der Waals surface area (Å²) < 4.78 is 6.40. The highest BCUT2D eigenvalue weighted by molar-refractivity contribution is 5.85. The number of aromatic hydroxyl groups is 1. The van der Waals surface area contributed by atoms with E-state index in [1.165, 1.54) is 0 Å². The molecule has 1 aromatic carbocycles. The Morgan fingerprint density at radius 2 is 2.00 bits per heavy atom. The molecule has 1 saturated carbocycles. The molecule has 0 radical (unpaired) electrons. The number of aliphatic carboxylic acids is 1. The minimum absolute atomic E-state index is 0. The number of likely N-dealkylation sites (tertiary alicyclic amines) is 1. The van der Waals surface area contributed by atoms with Gasteiger partial charge in [-0.3, -0.25) is 10.1 Å². The lowest BCUT2D eigenvalue weighted by atomic mass is 9.48. The highest BCUT2D eigenvalue weighted by Crippen LogP contribution is 2.65. The monoisotopic (exact) mass is 474 g/mol. The lowest BCUT2D eigenvalue weighted by molar-refractivity contribution is -0.188. The molecule has 2 aliphatic heterocycles. The maximum Gasteiger partial charge on any atom is 0.320 e. The fourth-order valence-electron chi connectivity index (χ4n) is 6.70. The largest absolute Gasteiger partial charge is 0.504 e. The lowest BCUT2D eigenvalue weighted by Crippen LogP contribution is -2.78. The zero-order valence-corrected chi connectivity index (χ0v) is 19.6. The molecule has 2 aliphatic carbocycles. The number of ether oxygens (including phenoxy) is 1. The number of hydrogen-bond donors (Lipinski definition) is 4. The van der Waals surface area contributed by atoms with Gasteiger partial charge in [0.2, 0.25) is 0 Å². The molecule has 6 atom stereocenters. The van der Waals surface area contributed by atoms with E-state index in [0.29, 0.717) is 18.6 Å². The Morgan fingerprint density at radius 1 is 1.29 bits per heavy atom. The first-order valence-corrected chi connectivity index (χ1v) is 10.6. The van der Waals surface area contributed by atoms with Crippen molar-refractivity contribution in [3.63, 3.8) is 0 Å². The maximum absolute atomic E-state index is 12.1. The van der Waals surface area contributed by atoms with E-state index < -0.39 is 29.1 Å². The molecular weight excluding hydrogens is 443 g/mol. The third kappa shape index (κ3) is 3.00. The van der Waals surface area contributed by atoms with Crippen LogP contribution in [0.15, 0.2) is 12.1 Å². The topological polar surface area (TPSA) is 102 Å². The van der Waals surface area contributed by atoms with Gasteiger partial charge in [0.05, 0.1) is 11.0 Å². The van der Waals surface area contributed by atoms with Crippen molar-refractivity contribution in [2.75, 3.05) is 13.6 Å². The molecule has 0 aromatic heterocycles. The Kier molecular flexibility index (Phi) is 6.26. The molecule has 31 heavy (non-hydrogen) atoms. The van der Waals surface area contributed by atoms with Crippen molar-refractivity contribution in [3.8, 4) is 11.5 Å². The number of carboxylic acid groups (broad SMARTS) is 1. The van der Waals surface area contributed by atoms with Crippen LogP contribution in [0.25, 0.3) is 0 Å². The average Bonchev–Trinajstić information content (AvgIpc) is 3.01. The van der Waals surface area contributed by atoms with Crippen LogP contribution < -0.4 is 10.1 Å². The van der Waals surface area contributed by atoms with Gasteiger partial charge in [0.15, 0.2) is 11.5 Å². The van der Waals surface area contributed by atoms with Gasteiger partial charge in [0.25, 0.3) is 0 Å². The molecular formula is C22H32Cl2N2O5. The molecule has 2 fully saturated rings. The highest BCUT2D eigenvalue weighted by Gasteiger charge is 2.72. The molecule has 4 aliphatic rings. The normalized spacial score (nSPS) is 36.0. The van der Waals surface area contributed by atoms with E-state index in [1.54, 1.807) is 6.07 Å². The van der Waals surface area contributed by atoms with E-state index in [0.717, 1.165) is 30.5 Å². The first kappa shape index (κ1) is 24.4. The molecule has 9 heteroatoms. The van der Waals surface area contributed by atoms with Gasteiger partial charge >= 0.3 is 5.97 Å². The third-order valence-corrected chi connectivity index (χ3v) is 8.06. The average molecular weight is 475 g/mol. The van der Waals surface area contributed by atoms with Crippen molar-refractivity contribution < 1.29 is 24.9 Å². The van der Waals surface area contributed by atoms with Gasteiger partial charge in [-0.2, -0.15) is 0 Å². The quantitative estimate of drug-likeness (QED) is 0.529. The number of nitrogens with one attached hydrogen (secondary N) is 1. The zero-order valence-electron chi connectivity index (χ0n) is 18.0. The van der Waals surface area contributed by atoms with Crippen LogP contribution >= 0.6 is 24.8 Å². The number of aliphatic hydroxyl groups is 1. The van der Waals surface area contributed by atoms with Gasteiger partial charge in [0, 0.05) is 17.6 Å². The number of carboxylic acids is 1. The van der Waals surface area contributed by atoms with Crippen molar-refractivity contribution in [3.05, 3.63) is 23.3 Å². The van der Waals surface area contributed by atoms with Crippen LogP contribution in [0.2, 0.25) is 0 Å². The van der Waals surface area contributed by atoms with Crippen molar-refractivity contribution in [1.82, 2.24) is 10.2 Å².